The Balaban J connectivity index is 2.75. The van der Waals surface area contributed by atoms with Gasteiger partial charge in [0, 0.05) is 36.1 Å². The molecule has 0 aliphatic heterocycles. The number of aldehydes is 1. The van der Waals surface area contributed by atoms with E-state index in [4.69, 9.17) is 0 Å². The van der Waals surface area contributed by atoms with Crippen LogP contribution in [0.5, 0.6) is 0 Å². The van der Waals surface area contributed by atoms with Gasteiger partial charge in [0.25, 0.3) is 5.56 Å². The lowest BCUT2D eigenvalue weighted by molar-refractivity contribution is -0.104. The molecule has 1 aromatic carbocycles. The van der Waals surface area contributed by atoms with Crippen molar-refractivity contribution in [2.24, 2.45) is 0 Å². The van der Waals surface area contributed by atoms with Crippen LogP contribution in [0.1, 0.15) is 10.4 Å². The van der Waals surface area contributed by atoms with Gasteiger partial charge in [-0.15, -0.1) is 11.8 Å². The predicted molar refractivity (Wildman–Crippen MR) is 88.5 cm³/mol. The second-order valence-electron chi connectivity index (χ2n) is 4.90. The van der Waals surface area contributed by atoms with Gasteiger partial charge in [-0.3, -0.25) is 14.4 Å². The minimum Gasteiger partial charge on any atom is -0.383 e. The first-order chi connectivity index (χ1) is 10.5. The number of nitrogens with zero attached hydrogens (tertiary/aromatic N) is 1. The topological polar surface area (TPSA) is 70.2 Å². The van der Waals surface area contributed by atoms with Crippen LogP contribution in [0, 0.1) is 0 Å². The lowest BCUT2D eigenvalue weighted by atomic mass is 10.0. The highest BCUT2D eigenvalue weighted by atomic mass is 32.2. The second kappa shape index (κ2) is 6.62. The third kappa shape index (κ3) is 2.96. The molecule has 0 aliphatic carbocycles. The normalized spacial score (nSPS) is 11.5. The molecule has 2 rings (SSSR count). The van der Waals surface area contributed by atoms with Gasteiger partial charge in [-0.2, -0.15) is 0 Å². The molecule has 0 amide bonds. The summed E-state index contributed by atoms with van der Waals surface area (Å²) in [5.41, 5.74) is 0.129. The number of allylic oxidation sites excluding steroid dienone is 1. The zero-order valence-electron chi connectivity index (χ0n) is 12.5. The van der Waals surface area contributed by atoms with E-state index in [9.17, 15) is 14.4 Å². The number of aromatic amines is 1. The van der Waals surface area contributed by atoms with Crippen molar-refractivity contribution in [3.63, 3.8) is 0 Å². The summed E-state index contributed by atoms with van der Waals surface area (Å²) >= 11 is 1.32. The number of benzene rings is 1. The van der Waals surface area contributed by atoms with Crippen molar-refractivity contribution in [2.45, 2.75) is 4.90 Å². The Morgan fingerprint density at radius 1 is 1.27 bits per heavy atom. The van der Waals surface area contributed by atoms with E-state index in [2.05, 4.69) is 4.98 Å². The van der Waals surface area contributed by atoms with Gasteiger partial charge >= 0.3 is 0 Å². The largest absolute Gasteiger partial charge is 0.383 e. The molecule has 1 aromatic heterocycles. The minimum absolute atomic E-state index is 0.00593. The molecule has 114 valence electrons. The molecule has 1 N–H and O–H groups in total. The standard InChI is InChI=1S/C16H16N2O3S/c1-18(2)8-10(9-19)14(20)13-15(22-3)11-6-4-5-7-12(11)17-16(13)21/h4-9H,1-3H3,(H,17,21)/b10-8+. The summed E-state index contributed by atoms with van der Waals surface area (Å²) in [5.74, 6) is -0.569. The van der Waals surface area contributed by atoms with E-state index in [0.29, 0.717) is 16.7 Å². The lowest BCUT2D eigenvalue weighted by Gasteiger charge is -2.11. The van der Waals surface area contributed by atoms with Crippen LogP contribution >= 0.6 is 11.8 Å². The molecule has 2 aromatic rings. The molecule has 22 heavy (non-hydrogen) atoms. The highest BCUT2D eigenvalue weighted by Gasteiger charge is 2.22. The number of Topliss-reactive ketones (excluding diaryl/α,β-unsaturated/α-hetero) is 1. The third-order valence-corrected chi connectivity index (χ3v) is 3.92. The predicted octanol–water partition coefficient (Wildman–Crippen LogP) is 2.08. The Morgan fingerprint density at radius 3 is 2.55 bits per heavy atom. The highest BCUT2D eigenvalue weighted by molar-refractivity contribution is 7.99. The zero-order chi connectivity index (χ0) is 16.3. The van der Waals surface area contributed by atoms with Gasteiger partial charge in [-0.05, 0) is 12.3 Å². The number of para-hydroxylation sites is 1. The van der Waals surface area contributed by atoms with Crippen LogP contribution in [0.15, 0.2) is 45.7 Å². The summed E-state index contributed by atoms with van der Waals surface area (Å²) in [6.07, 6.45) is 3.68. The second-order valence-corrected chi connectivity index (χ2v) is 5.72. The fourth-order valence-corrected chi connectivity index (χ4v) is 2.98. The van der Waals surface area contributed by atoms with E-state index >= 15 is 0 Å². The maximum Gasteiger partial charge on any atom is 0.260 e. The Kier molecular flexibility index (Phi) is 4.82. The van der Waals surface area contributed by atoms with E-state index in [1.54, 1.807) is 31.3 Å². The Hall–Kier alpha value is -2.34. The van der Waals surface area contributed by atoms with Crippen LogP contribution < -0.4 is 5.56 Å². The summed E-state index contributed by atoms with van der Waals surface area (Å²) in [7, 11) is 3.41. The summed E-state index contributed by atoms with van der Waals surface area (Å²) < 4.78 is 0. The number of H-pyrrole nitrogens is 1. The van der Waals surface area contributed by atoms with Crippen molar-refractivity contribution in [3.8, 4) is 0 Å². The number of fused-ring (bicyclic) bond motifs is 1. The van der Waals surface area contributed by atoms with Crippen LogP contribution in [0.4, 0.5) is 0 Å². The molecular weight excluding hydrogens is 300 g/mol. The Morgan fingerprint density at radius 2 is 1.95 bits per heavy atom. The Labute approximate surface area is 132 Å². The van der Waals surface area contributed by atoms with Gasteiger partial charge in [0.1, 0.15) is 5.56 Å². The van der Waals surface area contributed by atoms with E-state index in [1.165, 1.54) is 18.0 Å². The number of hydrogen-bond donors (Lipinski definition) is 1. The number of hydrogen-bond acceptors (Lipinski definition) is 5. The number of carbonyl (C=O) groups is 2. The molecule has 0 radical (unpaired) electrons. The van der Waals surface area contributed by atoms with Gasteiger partial charge in [0.05, 0.1) is 5.57 Å². The van der Waals surface area contributed by atoms with Gasteiger partial charge < -0.3 is 9.88 Å². The van der Waals surface area contributed by atoms with E-state index in [-0.39, 0.29) is 11.1 Å². The number of thioether (sulfide) groups is 1. The molecule has 0 bridgehead atoms. The smallest absolute Gasteiger partial charge is 0.260 e. The summed E-state index contributed by atoms with van der Waals surface area (Å²) in [4.78, 5) is 41.0. The van der Waals surface area contributed by atoms with Crippen molar-refractivity contribution in [1.82, 2.24) is 9.88 Å². The number of aromatic nitrogens is 1. The van der Waals surface area contributed by atoms with Crippen molar-refractivity contribution in [1.29, 1.82) is 0 Å². The van der Waals surface area contributed by atoms with Crippen molar-refractivity contribution >= 4 is 34.7 Å². The zero-order valence-corrected chi connectivity index (χ0v) is 13.4. The molecule has 5 nitrogen and oxygen atoms in total. The van der Waals surface area contributed by atoms with Crippen LogP contribution in [0.25, 0.3) is 10.9 Å². The van der Waals surface area contributed by atoms with E-state index in [1.807, 2.05) is 18.2 Å². The fourth-order valence-electron chi connectivity index (χ4n) is 2.20. The number of rotatable bonds is 5. The maximum absolute atomic E-state index is 12.6. The molecule has 0 aliphatic rings. The summed E-state index contributed by atoms with van der Waals surface area (Å²) in [5, 5.41) is 0.785. The number of ketones is 1. The van der Waals surface area contributed by atoms with Gasteiger partial charge in [0.15, 0.2) is 6.29 Å². The first kappa shape index (κ1) is 16.0. The molecule has 1 heterocycles. The number of carbonyl (C=O) groups excluding carboxylic acids is 2. The lowest BCUT2D eigenvalue weighted by Crippen LogP contribution is -2.22. The van der Waals surface area contributed by atoms with Crippen LogP contribution in [-0.4, -0.2) is 42.3 Å². The molecule has 6 heteroatoms. The van der Waals surface area contributed by atoms with Crippen LogP contribution in [0.3, 0.4) is 0 Å². The van der Waals surface area contributed by atoms with Gasteiger partial charge in [-0.25, -0.2) is 0 Å². The molecule has 0 spiro atoms. The number of nitrogens with one attached hydrogen (secondary N) is 1. The van der Waals surface area contributed by atoms with Crippen molar-refractivity contribution < 1.29 is 9.59 Å². The first-order valence-electron chi connectivity index (χ1n) is 6.56. The summed E-state index contributed by atoms with van der Waals surface area (Å²) in [6, 6.07) is 7.27. The van der Waals surface area contributed by atoms with Crippen molar-refractivity contribution in [2.75, 3.05) is 20.4 Å². The molecular formula is C16H16N2O3S. The third-order valence-electron chi connectivity index (χ3n) is 3.09. The van der Waals surface area contributed by atoms with Gasteiger partial charge in [0.2, 0.25) is 5.78 Å². The van der Waals surface area contributed by atoms with Crippen LogP contribution in [-0.2, 0) is 4.79 Å². The number of pyridine rings is 1. The average Bonchev–Trinajstić information content (AvgIpc) is 2.50. The first-order valence-corrected chi connectivity index (χ1v) is 7.79. The molecule has 0 saturated heterocycles. The van der Waals surface area contributed by atoms with Crippen LogP contribution in [0.2, 0.25) is 0 Å². The molecule has 0 atom stereocenters. The fraction of sp³-hybridized carbons (Fsp3) is 0.188. The Bertz CT molecular complexity index is 822. The average molecular weight is 316 g/mol. The highest BCUT2D eigenvalue weighted by Crippen LogP contribution is 2.27. The van der Waals surface area contributed by atoms with Gasteiger partial charge in [-0.1, -0.05) is 18.2 Å². The van der Waals surface area contributed by atoms with E-state index in [0.717, 1.165) is 5.39 Å². The molecule has 0 fully saturated rings. The monoisotopic (exact) mass is 316 g/mol. The molecule has 0 saturated carbocycles. The molecule has 0 unspecified atom stereocenters. The summed E-state index contributed by atoms with van der Waals surface area (Å²) in [6.45, 7) is 0. The quantitative estimate of drug-likeness (QED) is 0.228. The minimum atomic E-state index is -0.569. The van der Waals surface area contributed by atoms with Crippen molar-refractivity contribution in [3.05, 3.63) is 52.0 Å². The van der Waals surface area contributed by atoms with E-state index < -0.39 is 11.3 Å². The SMILES string of the molecule is CSc1c(C(=O)/C(C=O)=C/N(C)C)c(=O)[nH]c2ccccc12. The maximum atomic E-state index is 12.6.